The van der Waals surface area contributed by atoms with Gasteiger partial charge in [-0.3, -0.25) is 4.68 Å². The summed E-state index contributed by atoms with van der Waals surface area (Å²) in [5.74, 6) is 0. The van der Waals surface area contributed by atoms with Crippen LogP contribution < -0.4 is 5.73 Å². The van der Waals surface area contributed by atoms with Crippen molar-refractivity contribution in [2.24, 2.45) is 12.8 Å². The third-order valence-corrected chi connectivity index (χ3v) is 3.03. The van der Waals surface area contributed by atoms with Crippen LogP contribution in [0.3, 0.4) is 0 Å². The smallest absolute Gasteiger partial charge is 0.0897 e. The van der Waals surface area contributed by atoms with E-state index in [1.54, 1.807) is 22.2 Å². The Labute approximate surface area is 86.4 Å². The first-order valence-electron chi connectivity index (χ1n) is 4.33. The molecule has 0 aliphatic carbocycles. The molecule has 2 aromatic rings. The van der Waals surface area contributed by atoms with Crippen molar-refractivity contribution >= 4 is 11.3 Å². The Hall–Kier alpha value is -1.20. The van der Waals surface area contributed by atoms with Gasteiger partial charge in [0, 0.05) is 29.9 Å². The van der Waals surface area contributed by atoms with Crippen molar-refractivity contribution in [3.8, 4) is 0 Å². The monoisotopic (exact) mass is 208 g/mol. The lowest BCUT2D eigenvalue weighted by molar-refractivity contribution is 0.765. The summed E-state index contributed by atoms with van der Waals surface area (Å²) < 4.78 is 1.75. The van der Waals surface area contributed by atoms with Crippen LogP contribution in [-0.4, -0.2) is 14.8 Å². The number of hydrogen-bond acceptors (Lipinski definition) is 4. The van der Waals surface area contributed by atoms with Crippen LogP contribution in [0.2, 0.25) is 0 Å². The van der Waals surface area contributed by atoms with Crippen molar-refractivity contribution in [3.05, 3.63) is 34.0 Å². The van der Waals surface area contributed by atoms with Crippen LogP contribution in [0.25, 0.3) is 0 Å². The summed E-state index contributed by atoms with van der Waals surface area (Å²) in [6.07, 6.45) is 5.55. The number of aryl methyl sites for hydroxylation is 2. The van der Waals surface area contributed by atoms with Crippen molar-refractivity contribution in [1.82, 2.24) is 14.8 Å². The lowest BCUT2D eigenvalue weighted by Gasteiger charge is -2.04. The number of thiazole rings is 1. The van der Waals surface area contributed by atoms with Crippen LogP contribution in [0.5, 0.6) is 0 Å². The number of nitrogens with two attached hydrogens (primary N) is 1. The molecule has 0 bridgehead atoms. The van der Waals surface area contributed by atoms with Gasteiger partial charge in [-0.1, -0.05) is 0 Å². The average molecular weight is 208 g/mol. The molecule has 0 fully saturated rings. The van der Waals surface area contributed by atoms with E-state index in [2.05, 4.69) is 10.1 Å². The lowest BCUT2D eigenvalue weighted by Crippen LogP contribution is -2.09. The zero-order valence-corrected chi connectivity index (χ0v) is 8.95. The molecule has 0 saturated carbocycles. The summed E-state index contributed by atoms with van der Waals surface area (Å²) in [5, 5.41) is 5.13. The van der Waals surface area contributed by atoms with E-state index in [9.17, 15) is 0 Å². The zero-order chi connectivity index (χ0) is 10.1. The van der Waals surface area contributed by atoms with Gasteiger partial charge in [-0.05, 0) is 6.92 Å². The molecule has 5 heteroatoms. The van der Waals surface area contributed by atoms with Gasteiger partial charge < -0.3 is 5.73 Å². The molecule has 14 heavy (non-hydrogen) atoms. The molecule has 0 amide bonds. The van der Waals surface area contributed by atoms with Gasteiger partial charge in [-0.25, -0.2) is 4.98 Å². The number of hydrogen-bond donors (Lipinski definition) is 1. The summed E-state index contributed by atoms with van der Waals surface area (Å²) in [6.45, 7) is 1.98. The van der Waals surface area contributed by atoms with Crippen molar-refractivity contribution in [2.45, 2.75) is 13.0 Å². The molecule has 0 radical (unpaired) electrons. The molecule has 0 saturated heterocycles. The molecule has 0 aliphatic heterocycles. The molecule has 2 aromatic heterocycles. The topological polar surface area (TPSA) is 56.7 Å². The maximum Gasteiger partial charge on any atom is 0.0897 e. The number of rotatable bonds is 2. The highest BCUT2D eigenvalue weighted by molar-refractivity contribution is 7.11. The molecule has 2 rings (SSSR count). The largest absolute Gasteiger partial charge is 0.319 e. The van der Waals surface area contributed by atoms with E-state index in [1.165, 1.54) is 0 Å². The van der Waals surface area contributed by atoms with E-state index in [4.69, 9.17) is 5.73 Å². The average Bonchev–Trinajstić information content (AvgIpc) is 2.73. The predicted molar refractivity (Wildman–Crippen MR) is 56.1 cm³/mol. The first-order valence-corrected chi connectivity index (χ1v) is 5.15. The molecular formula is C9H12N4S. The predicted octanol–water partition coefficient (Wildman–Crippen LogP) is 1.23. The Kier molecular flexibility index (Phi) is 2.35. The normalized spacial score (nSPS) is 13.1. The Balaban J connectivity index is 2.28. The Bertz CT molecular complexity index is 391. The third-order valence-electron chi connectivity index (χ3n) is 2.03. The fraction of sp³-hybridized carbons (Fsp3) is 0.333. The summed E-state index contributed by atoms with van der Waals surface area (Å²) in [7, 11) is 1.88. The maximum absolute atomic E-state index is 6.06. The Morgan fingerprint density at radius 1 is 1.50 bits per heavy atom. The molecule has 2 N–H and O–H groups in total. The van der Waals surface area contributed by atoms with Gasteiger partial charge >= 0.3 is 0 Å². The van der Waals surface area contributed by atoms with Gasteiger partial charge in [0.15, 0.2) is 0 Å². The minimum Gasteiger partial charge on any atom is -0.319 e. The molecule has 0 aromatic carbocycles. The highest BCUT2D eigenvalue weighted by Gasteiger charge is 2.12. The van der Waals surface area contributed by atoms with Crippen LogP contribution in [0, 0.1) is 6.92 Å². The van der Waals surface area contributed by atoms with Crippen molar-refractivity contribution in [3.63, 3.8) is 0 Å². The second kappa shape index (κ2) is 3.51. The van der Waals surface area contributed by atoms with Gasteiger partial charge in [0.05, 0.1) is 17.2 Å². The van der Waals surface area contributed by atoms with Gasteiger partial charge in [0.25, 0.3) is 0 Å². The molecule has 74 valence electrons. The van der Waals surface area contributed by atoms with E-state index < -0.39 is 0 Å². The molecular weight excluding hydrogens is 196 g/mol. The quantitative estimate of drug-likeness (QED) is 0.807. The minimum atomic E-state index is -0.102. The van der Waals surface area contributed by atoms with Crippen LogP contribution >= 0.6 is 11.3 Å². The van der Waals surface area contributed by atoms with Crippen molar-refractivity contribution in [1.29, 1.82) is 0 Å². The summed E-state index contributed by atoms with van der Waals surface area (Å²) in [4.78, 5) is 5.26. The van der Waals surface area contributed by atoms with E-state index in [1.807, 2.05) is 26.4 Å². The first-order chi connectivity index (χ1) is 6.66. The summed E-state index contributed by atoms with van der Waals surface area (Å²) in [6, 6.07) is -0.102. The fourth-order valence-electron chi connectivity index (χ4n) is 1.29. The summed E-state index contributed by atoms with van der Waals surface area (Å²) >= 11 is 1.63. The lowest BCUT2D eigenvalue weighted by atomic mass is 10.1. The minimum absolute atomic E-state index is 0.102. The first kappa shape index (κ1) is 9.36. The third kappa shape index (κ3) is 1.69. The second-order valence-corrected chi connectivity index (χ2v) is 4.47. The van der Waals surface area contributed by atoms with Gasteiger partial charge in [-0.2, -0.15) is 5.10 Å². The van der Waals surface area contributed by atoms with Crippen LogP contribution in [0.1, 0.15) is 21.5 Å². The Morgan fingerprint density at radius 3 is 2.79 bits per heavy atom. The number of aromatic nitrogens is 3. The van der Waals surface area contributed by atoms with Gasteiger partial charge in [0.2, 0.25) is 0 Å². The molecule has 0 aliphatic rings. The maximum atomic E-state index is 6.06. The van der Waals surface area contributed by atoms with E-state index >= 15 is 0 Å². The van der Waals surface area contributed by atoms with Gasteiger partial charge in [-0.15, -0.1) is 11.3 Å². The molecule has 0 spiro atoms. The van der Waals surface area contributed by atoms with Crippen molar-refractivity contribution < 1.29 is 0 Å². The standard InChI is InChI=1S/C9H12N4S/c1-6-11-4-8(14-6)9(10)7-3-12-13(2)5-7/h3-5,9H,10H2,1-2H3. The fourth-order valence-corrected chi connectivity index (χ4v) is 2.10. The SMILES string of the molecule is Cc1ncc(C(N)c2cnn(C)c2)s1. The van der Waals surface area contributed by atoms with Crippen LogP contribution in [0.4, 0.5) is 0 Å². The second-order valence-electron chi connectivity index (χ2n) is 3.21. The zero-order valence-electron chi connectivity index (χ0n) is 8.14. The van der Waals surface area contributed by atoms with E-state index in [0.29, 0.717) is 0 Å². The highest BCUT2D eigenvalue weighted by Crippen LogP contribution is 2.23. The van der Waals surface area contributed by atoms with Gasteiger partial charge in [0.1, 0.15) is 0 Å². The van der Waals surface area contributed by atoms with Crippen LogP contribution in [-0.2, 0) is 7.05 Å². The number of nitrogens with zero attached hydrogens (tertiary/aromatic N) is 3. The van der Waals surface area contributed by atoms with E-state index in [-0.39, 0.29) is 6.04 Å². The molecule has 1 atom stereocenters. The summed E-state index contributed by atoms with van der Waals surface area (Å²) in [5.41, 5.74) is 7.08. The Morgan fingerprint density at radius 2 is 2.29 bits per heavy atom. The molecule has 1 unspecified atom stereocenters. The highest BCUT2D eigenvalue weighted by atomic mass is 32.1. The van der Waals surface area contributed by atoms with Crippen LogP contribution in [0.15, 0.2) is 18.6 Å². The van der Waals surface area contributed by atoms with E-state index in [0.717, 1.165) is 15.4 Å². The van der Waals surface area contributed by atoms with Crippen molar-refractivity contribution in [2.75, 3.05) is 0 Å². The molecule has 4 nitrogen and oxygen atoms in total. The molecule has 2 heterocycles.